The van der Waals surface area contributed by atoms with E-state index in [9.17, 15) is 53.5 Å². The number of hydrogen-bond acceptors (Lipinski definition) is 4. The van der Waals surface area contributed by atoms with E-state index in [-0.39, 0.29) is 21.2 Å². The standard InChI is InChI=1S/C27H8Cl2F10O4/c28-10-1-3-12(42-26(40)14-16(30)20(34)24(38)21(35)17(14)31)8(6-10)5-9-7-11(29)2-4-13(9)43-27(41)15-18(32)22(36)25(39)23(37)19(15)33/h1-4,6-7H,5H2. The van der Waals surface area contributed by atoms with Crippen molar-refractivity contribution in [3.63, 3.8) is 0 Å². The minimum atomic E-state index is -2.52. The van der Waals surface area contributed by atoms with Crippen molar-refractivity contribution in [2.75, 3.05) is 0 Å². The molecule has 224 valence electrons. The molecule has 4 aromatic rings. The molecule has 0 atom stereocenters. The van der Waals surface area contributed by atoms with Crippen LogP contribution >= 0.6 is 23.2 Å². The SMILES string of the molecule is O=C(Oc1ccc(Cl)cc1Cc1cc(Cl)ccc1OC(=O)c1c(F)c(F)c(F)c(F)c1F)c1c(F)c(F)c(F)c(F)c1F. The Labute approximate surface area is 243 Å². The molecule has 0 aliphatic heterocycles. The molecule has 0 spiro atoms. The Balaban J connectivity index is 1.71. The Morgan fingerprint density at radius 3 is 1.07 bits per heavy atom. The Bertz CT molecular complexity index is 1640. The summed E-state index contributed by atoms with van der Waals surface area (Å²) >= 11 is 11.9. The van der Waals surface area contributed by atoms with Gasteiger partial charge < -0.3 is 9.47 Å². The van der Waals surface area contributed by atoms with Crippen LogP contribution in [0.2, 0.25) is 10.0 Å². The Morgan fingerprint density at radius 1 is 0.488 bits per heavy atom. The number of halogens is 12. The lowest BCUT2D eigenvalue weighted by Gasteiger charge is -2.15. The molecular weight excluding hydrogens is 649 g/mol. The van der Waals surface area contributed by atoms with Crippen molar-refractivity contribution in [3.05, 3.63) is 127 Å². The molecule has 4 rings (SSSR count). The van der Waals surface area contributed by atoms with Crippen molar-refractivity contribution in [1.29, 1.82) is 0 Å². The molecule has 4 nitrogen and oxygen atoms in total. The molecular formula is C27H8Cl2F10O4. The second kappa shape index (κ2) is 12.1. The smallest absolute Gasteiger partial charge is 0.349 e. The van der Waals surface area contributed by atoms with E-state index < -0.39 is 99.2 Å². The van der Waals surface area contributed by atoms with Crippen molar-refractivity contribution < 1.29 is 63.0 Å². The quantitative estimate of drug-likeness (QED) is 0.0688. The Hall–Kier alpha value is -4.30. The summed E-state index contributed by atoms with van der Waals surface area (Å²) < 4.78 is 147. The molecule has 0 amide bonds. The molecule has 0 aliphatic carbocycles. The summed E-state index contributed by atoms with van der Waals surface area (Å²) in [6, 6.07) is 6.33. The van der Waals surface area contributed by atoms with Crippen molar-refractivity contribution in [3.8, 4) is 11.5 Å². The van der Waals surface area contributed by atoms with Crippen molar-refractivity contribution in [2.24, 2.45) is 0 Å². The zero-order valence-corrected chi connectivity index (χ0v) is 21.9. The minimum absolute atomic E-state index is 0.0481. The highest BCUT2D eigenvalue weighted by atomic mass is 35.5. The maximum Gasteiger partial charge on any atom is 0.349 e. The van der Waals surface area contributed by atoms with Gasteiger partial charge in [0.1, 0.15) is 22.6 Å². The van der Waals surface area contributed by atoms with Gasteiger partial charge in [0, 0.05) is 27.6 Å². The third kappa shape index (κ3) is 5.97. The molecule has 0 saturated heterocycles. The van der Waals surface area contributed by atoms with E-state index in [2.05, 4.69) is 0 Å². The number of ether oxygens (including phenoxy) is 2. The second-order valence-corrected chi connectivity index (χ2v) is 9.22. The second-order valence-electron chi connectivity index (χ2n) is 8.35. The fourth-order valence-electron chi connectivity index (χ4n) is 3.65. The molecule has 0 aromatic heterocycles. The lowest BCUT2D eigenvalue weighted by atomic mass is 10.0. The normalized spacial score (nSPS) is 11.1. The molecule has 16 heteroatoms. The van der Waals surface area contributed by atoms with Gasteiger partial charge in [0.15, 0.2) is 46.5 Å². The van der Waals surface area contributed by atoms with E-state index in [0.29, 0.717) is 0 Å². The van der Waals surface area contributed by atoms with Gasteiger partial charge in [-0.15, -0.1) is 0 Å². The summed E-state index contributed by atoms with van der Waals surface area (Å²) in [4.78, 5) is 25.0. The van der Waals surface area contributed by atoms with Crippen molar-refractivity contribution in [1.82, 2.24) is 0 Å². The molecule has 0 N–H and O–H groups in total. The van der Waals surface area contributed by atoms with Crippen LogP contribution in [-0.2, 0) is 6.42 Å². The number of rotatable bonds is 6. The predicted molar refractivity (Wildman–Crippen MR) is 128 cm³/mol. The van der Waals surface area contributed by atoms with Crippen LogP contribution in [-0.4, -0.2) is 11.9 Å². The highest BCUT2D eigenvalue weighted by Crippen LogP contribution is 2.33. The molecule has 43 heavy (non-hydrogen) atoms. The fraction of sp³-hybridized carbons (Fsp3) is 0.0370. The summed E-state index contributed by atoms with van der Waals surface area (Å²) in [6.45, 7) is 0. The van der Waals surface area contributed by atoms with Gasteiger partial charge in [-0.2, -0.15) is 0 Å². The summed E-state index contributed by atoms with van der Waals surface area (Å²) in [5.74, 6) is -29.8. The first-order chi connectivity index (χ1) is 20.1. The van der Waals surface area contributed by atoms with Gasteiger partial charge in [0.05, 0.1) is 0 Å². The van der Waals surface area contributed by atoms with E-state index >= 15 is 0 Å². The summed E-state index contributed by atoms with van der Waals surface area (Å²) in [7, 11) is 0. The molecule has 0 fully saturated rings. The summed E-state index contributed by atoms with van der Waals surface area (Å²) in [6.07, 6.45) is -0.527. The van der Waals surface area contributed by atoms with Gasteiger partial charge in [0.2, 0.25) is 11.6 Å². The van der Waals surface area contributed by atoms with E-state index in [1.54, 1.807) is 0 Å². The number of hydrogen-bond donors (Lipinski definition) is 0. The molecule has 4 aromatic carbocycles. The lowest BCUT2D eigenvalue weighted by Crippen LogP contribution is -2.18. The van der Waals surface area contributed by atoms with Gasteiger partial charge in [-0.25, -0.2) is 53.5 Å². The van der Waals surface area contributed by atoms with Crippen molar-refractivity contribution in [2.45, 2.75) is 6.42 Å². The van der Waals surface area contributed by atoms with Crippen LogP contribution in [0.15, 0.2) is 36.4 Å². The average molecular weight is 657 g/mol. The van der Waals surface area contributed by atoms with Crippen molar-refractivity contribution >= 4 is 35.1 Å². The van der Waals surface area contributed by atoms with E-state index in [1.807, 2.05) is 0 Å². The van der Waals surface area contributed by atoms with Crippen LogP contribution in [0, 0.1) is 58.2 Å². The minimum Gasteiger partial charge on any atom is -0.422 e. The summed E-state index contributed by atoms with van der Waals surface area (Å²) in [5, 5.41) is -0.0963. The van der Waals surface area contributed by atoms with Gasteiger partial charge in [0.25, 0.3) is 0 Å². The van der Waals surface area contributed by atoms with E-state index in [1.165, 1.54) is 0 Å². The van der Waals surface area contributed by atoms with Crippen LogP contribution in [0.1, 0.15) is 31.8 Å². The topological polar surface area (TPSA) is 52.6 Å². The van der Waals surface area contributed by atoms with E-state index in [4.69, 9.17) is 32.7 Å². The van der Waals surface area contributed by atoms with Crippen LogP contribution in [0.4, 0.5) is 43.9 Å². The largest absolute Gasteiger partial charge is 0.422 e. The molecule has 0 aliphatic rings. The van der Waals surface area contributed by atoms with Crippen LogP contribution in [0.5, 0.6) is 11.5 Å². The Morgan fingerprint density at radius 2 is 0.767 bits per heavy atom. The highest BCUT2D eigenvalue weighted by Gasteiger charge is 2.33. The maximum absolute atomic E-state index is 14.1. The number of benzene rings is 4. The third-order valence-corrected chi connectivity index (χ3v) is 6.13. The van der Waals surface area contributed by atoms with Gasteiger partial charge in [-0.1, -0.05) is 23.2 Å². The maximum atomic E-state index is 14.1. The van der Waals surface area contributed by atoms with Crippen LogP contribution in [0.25, 0.3) is 0 Å². The molecule has 0 saturated carbocycles. The van der Waals surface area contributed by atoms with Crippen LogP contribution in [0.3, 0.4) is 0 Å². The first-order valence-corrected chi connectivity index (χ1v) is 11.9. The zero-order valence-electron chi connectivity index (χ0n) is 20.3. The van der Waals surface area contributed by atoms with Gasteiger partial charge in [-0.3, -0.25) is 0 Å². The van der Waals surface area contributed by atoms with Gasteiger partial charge in [-0.05, 0) is 36.4 Å². The number of carbonyl (C=O) groups excluding carboxylic acids is 2. The lowest BCUT2D eigenvalue weighted by molar-refractivity contribution is 0.0711. The molecule has 0 heterocycles. The number of esters is 2. The van der Waals surface area contributed by atoms with Gasteiger partial charge >= 0.3 is 11.9 Å². The molecule has 0 radical (unpaired) electrons. The first-order valence-electron chi connectivity index (χ1n) is 11.2. The molecule has 0 bridgehead atoms. The highest BCUT2D eigenvalue weighted by molar-refractivity contribution is 6.31. The summed E-state index contributed by atoms with van der Waals surface area (Å²) in [5.41, 5.74) is -4.17. The number of carbonyl (C=O) groups is 2. The fourth-order valence-corrected chi connectivity index (χ4v) is 4.04. The van der Waals surface area contributed by atoms with E-state index in [0.717, 1.165) is 36.4 Å². The van der Waals surface area contributed by atoms with Crippen LogP contribution < -0.4 is 9.47 Å². The Kier molecular flexibility index (Phi) is 8.92. The first kappa shape index (κ1) is 31.6. The zero-order chi connectivity index (χ0) is 31.9. The predicted octanol–water partition coefficient (Wildman–Crippen LogP) is 8.41. The molecule has 0 unspecified atom stereocenters. The average Bonchev–Trinajstić information content (AvgIpc) is 2.96. The third-order valence-electron chi connectivity index (χ3n) is 5.66. The monoisotopic (exact) mass is 656 g/mol.